The Kier molecular flexibility index (Phi) is 5.61. The summed E-state index contributed by atoms with van der Waals surface area (Å²) in [5.74, 6) is -0.218. The maximum Gasteiger partial charge on any atom is 0.257 e. The van der Waals surface area contributed by atoms with Gasteiger partial charge >= 0.3 is 0 Å². The molecule has 0 saturated heterocycles. The summed E-state index contributed by atoms with van der Waals surface area (Å²) in [5.41, 5.74) is 4.39. The molecule has 0 aliphatic heterocycles. The normalized spacial score (nSPS) is 10.3. The molecule has 3 rings (SSSR count). The minimum absolute atomic E-state index is 0.000469. The number of pyridine rings is 1. The molecule has 0 aliphatic rings. The number of rotatable bonds is 6. The minimum Gasteiger partial charge on any atom is -0.354 e. The highest BCUT2D eigenvalue weighted by molar-refractivity contribution is 6.05. The van der Waals surface area contributed by atoms with Crippen molar-refractivity contribution >= 4 is 28.8 Å². The first-order chi connectivity index (χ1) is 13.1. The molecule has 0 atom stereocenters. The predicted molar refractivity (Wildman–Crippen MR) is 108 cm³/mol. The van der Waals surface area contributed by atoms with Gasteiger partial charge in [-0.05, 0) is 43.2 Å². The summed E-state index contributed by atoms with van der Waals surface area (Å²) in [7, 11) is 0. The molecule has 27 heavy (non-hydrogen) atoms. The SMILES string of the molecule is CCc1ccccc1NC(=O)c1cncc(Nc2cccc(C(C)=O)c2)c1. The van der Waals surface area contributed by atoms with Crippen molar-refractivity contribution in [2.24, 2.45) is 0 Å². The van der Waals surface area contributed by atoms with E-state index in [1.165, 1.54) is 13.1 Å². The highest BCUT2D eigenvalue weighted by atomic mass is 16.1. The number of carbonyl (C=O) groups excluding carboxylic acids is 2. The van der Waals surface area contributed by atoms with Crippen LogP contribution in [0.15, 0.2) is 67.0 Å². The van der Waals surface area contributed by atoms with Gasteiger partial charge in [-0.25, -0.2) is 0 Å². The third-order valence-electron chi connectivity index (χ3n) is 4.20. The maximum absolute atomic E-state index is 12.6. The number of hydrogen-bond acceptors (Lipinski definition) is 4. The quantitative estimate of drug-likeness (QED) is 0.618. The lowest BCUT2D eigenvalue weighted by Gasteiger charge is -2.11. The minimum atomic E-state index is -0.218. The number of nitrogens with one attached hydrogen (secondary N) is 2. The zero-order valence-corrected chi connectivity index (χ0v) is 15.3. The van der Waals surface area contributed by atoms with Gasteiger partial charge in [0.2, 0.25) is 0 Å². The van der Waals surface area contributed by atoms with Gasteiger partial charge in [0.05, 0.1) is 17.4 Å². The zero-order chi connectivity index (χ0) is 19.2. The van der Waals surface area contributed by atoms with Crippen molar-refractivity contribution in [3.63, 3.8) is 0 Å². The van der Waals surface area contributed by atoms with Crippen molar-refractivity contribution < 1.29 is 9.59 Å². The van der Waals surface area contributed by atoms with E-state index in [0.717, 1.165) is 23.4 Å². The Morgan fingerprint density at radius 3 is 2.48 bits per heavy atom. The smallest absolute Gasteiger partial charge is 0.257 e. The van der Waals surface area contributed by atoms with Gasteiger partial charge in [-0.15, -0.1) is 0 Å². The van der Waals surface area contributed by atoms with E-state index >= 15 is 0 Å². The number of hydrogen-bond donors (Lipinski definition) is 2. The molecule has 3 aromatic rings. The Balaban J connectivity index is 1.78. The number of aromatic nitrogens is 1. The second kappa shape index (κ2) is 8.27. The summed E-state index contributed by atoms with van der Waals surface area (Å²) >= 11 is 0. The molecule has 2 N–H and O–H groups in total. The number of para-hydroxylation sites is 1. The number of ketones is 1. The van der Waals surface area contributed by atoms with Crippen LogP contribution in [0.5, 0.6) is 0 Å². The van der Waals surface area contributed by atoms with Crippen molar-refractivity contribution in [2.45, 2.75) is 20.3 Å². The van der Waals surface area contributed by atoms with Crippen LogP contribution in [0.1, 0.15) is 40.1 Å². The maximum atomic E-state index is 12.6. The van der Waals surface area contributed by atoms with E-state index in [1.807, 2.05) is 43.3 Å². The summed E-state index contributed by atoms with van der Waals surface area (Å²) in [6.45, 7) is 3.58. The van der Waals surface area contributed by atoms with Gasteiger partial charge in [0, 0.05) is 23.1 Å². The van der Waals surface area contributed by atoms with Gasteiger partial charge in [0.25, 0.3) is 5.91 Å². The van der Waals surface area contributed by atoms with E-state index < -0.39 is 0 Å². The topological polar surface area (TPSA) is 71.1 Å². The fourth-order valence-electron chi connectivity index (χ4n) is 2.76. The van der Waals surface area contributed by atoms with Crippen LogP contribution >= 0.6 is 0 Å². The molecule has 136 valence electrons. The van der Waals surface area contributed by atoms with Gasteiger partial charge < -0.3 is 10.6 Å². The van der Waals surface area contributed by atoms with Crippen molar-refractivity contribution in [1.29, 1.82) is 0 Å². The molecule has 0 bridgehead atoms. The van der Waals surface area contributed by atoms with E-state index in [-0.39, 0.29) is 11.7 Å². The summed E-state index contributed by atoms with van der Waals surface area (Å²) in [6, 6.07) is 16.7. The van der Waals surface area contributed by atoms with Gasteiger partial charge in [-0.1, -0.05) is 37.3 Å². The van der Waals surface area contributed by atoms with E-state index in [1.54, 1.807) is 24.4 Å². The van der Waals surface area contributed by atoms with Crippen LogP contribution in [0.25, 0.3) is 0 Å². The molecule has 5 heteroatoms. The summed E-state index contributed by atoms with van der Waals surface area (Å²) in [5, 5.41) is 6.13. The Bertz CT molecular complexity index is 983. The van der Waals surface area contributed by atoms with Gasteiger partial charge in [-0.3, -0.25) is 14.6 Å². The first kappa shape index (κ1) is 18.3. The number of carbonyl (C=O) groups is 2. The lowest BCUT2D eigenvalue weighted by atomic mass is 10.1. The lowest BCUT2D eigenvalue weighted by molar-refractivity contribution is 0.101. The fraction of sp³-hybridized carbons (Fsp3) is 0.136. The molecule has 0 saturated carbocycles. The van der Waals surface area contributed by atoms with Crippen LogP contribution in [-0.2, 0) is 6.42 Å². The average molecular weight is 359 g/mol. The van der Waals surface area contributed by atoms with Gasteiger partial charge in [0.15, 0.2) is 5.78 Å². The summed E-state index contributed by atoms with van der Waals surface area (Å²) < 4.78 is 0. The molecule has 0 radical (unpaired) electrons. The van der Waals surface area contributed by atoms with E-state index in [9.17, 15) is 9.59 Å². The second-order valence-electron chi connectivity index (χ2n) is 6.19. The van der Waals surface area contributed by atoms with Crippen molar-refractivity contribution in [1.82, 2.24) is 4.98 Å². The highest BCUT2D eigenvalue weighted by Gasteiger charge is 2.10. The van der Waals surface area contributed by atoms with Crippen LogP contribution in [0.2, 0.25) is 0 Å². The molecule has 1 aromatic heterocycles. The number of amides is 1. The molecule has 0 spiro atoms. The number of nitrogens with zero attached hydrogens (tertiary/aromatic N) is 1. The van der Waals surface area contributed by atoms with E-state index in [0.29, 0.717) is 16.8 Å². The number of anilines is 3. The van der Waals surface area contributed by atoms with Crippen molar-refractivity contribution in [2.75, 3.05) is 10.6 Å². The summed E-state index contributed by atoms with van der Waals surface area (Å²) in [4.78, 5) is 28.3. The van der Waals surface area contributed by atoms with Crippen LogP contribution in [0.4, 0.5) is 17.1 Å². The number of Topliss-reactive ketones (excluding diaryl/α,β-unsaturated/α-hetero) is 1. The molecule has 1 heterocycles. The van der Waals surface area contributed by atoms with Crippen molar-refractivity contribution in [3.8, 4) is 0 Å². The van der Waals surface area contributed by atoms with Crippen molar-refractivity contribution in [3.05, 3.63) is 83.7 Å². The molecule has 0 aliphatic carbocycles. The first-order valence-electron chi connectivity index (χ1n) is 8.79. The molecule has 1 amide bonds. The molecule has 5 nitrogen and oxygen atoms in total. The standard InChI is InChI=1S/C22H21N3O2/c1-3-16-7-4-5-10-21(16)25-22(27)18-12-20(14-23-13-18)24-19-9-6-8-17(11-19)15(2)26/h4-14,24H,3H2,1-2H3,(H,25,27). The Labute approximate surface area is 158 Å². The lowest BCUT2D eigenvalue weighted by Crippen LogP contribution is -2.13. The first-order valence-corrected chi connectivity index (χ1v) is 8.79. The Hall–Kier alpha value is -3.47. The highest BCUT2D eigenvalue weighted by Crippen LogP contribution is 2.20. The third kappa shape index (κ3) is 4.58. The average Bonchev–Trinajstić information content (AvgIpc) is 2.69. The molecular weight excluding hydrogens is 338 g/mol. The van der Waals surface area contributed by atoms with Crippen LogP contribution in [-0.4, -0.2) is 16.7 Å². The second-order valence-corrected chi connectivity index (χ2v) is 6.19. The Morgan fingerprint density at radius 2 is 1.70 bits per heavy atom. The van der Waals surface area contributed by atoms with Crippen LogP contribution < -0.4 is 10.6 Å². The monoisotopic (exact) mass is 359 g/mol. The molecule has 0 unspecified atom stereocenters. The molecule has 0 fully saturated rings. The van der Waals surface area contributed by atoms with Crippen LogP contribution in [0, 0.1) is 0 Å². The predicted octanol–water partition coefficient (Wildman–Crippen LogP) is 4.84. The molecular formula is C22H21N3O2. The van der Waals surface area contributed by atoms with Gasteiger partial charge in [0.1, 0.15) is 0 Å². The van der Waals surface area contributed by atoms with E-state index in [2.05, 4.69) is 15.6 Å². The molecule has 2 aromatic carbocycles. The fourth-order valence-corrected chi connectivity index (χ4v) is 2.76. The summed E-state index contributed by atoms with van der Waals surface area (Å²) in [6.07, 6.45) is 4.00. The zero-order valence-electron chi connectivity index (χ0n) is 15.3. The van der Waals surface area contributed by atoms with Crippen LogP contribution in [0.3, 0.4) is 0 Å². The van der Waals surface area contributed by atoms with Gasteiger partial charge in [-0.2, -0.15) is 0 Å². The number of benzene rings is 2. The third-order valence-corrected chi connectivity index (χ3v) is 4.20. The van der Waals surface area contributed by atoms with E-state index in [4.69, 9.17) is 0 Å². The number of aryl methyl sites for hydroxylation is 1. The Morgan fingerprint density at radius 1 is 0.926 bits per heavy atom. The largest absolute Gasteiger partial charge is 0.354 e.